The Morgan fingerprint density at radius 3 is 2.45 bits per heavy atom. The second-order valence-electron chi connectivity index (χ2n) is 5.93. The molecule has 2 N–H and O–H groups in total. The molecule has 0 spiro atoms. The van der Waals surface area contributed by atoms with Crippen molar-refractivity contribution in [1.29, 1.82) is 0 Å². The van der Waals surface area contributed by atoms with Gasteiger partial charge in [0.2, 0.25) is 0 Å². The van der Waals surface area contributed by atoms with Gasteiger partial charge in [0, 0.05) is 0 Å². The van der Waals surface area contributed by atoms with E-state index in [2.05, 4.69) is 5.32 Å². The Hall–Kier alpha value is -3.65. The molecule has 1 saturated heterocycles. The van der Waals surface area contributed by atoms with Crippen LogP contribution in [0, 0.1) is 0 Å². The molecule has 0 aliphatic carbocycles. The Morgan fingerprint density at radius 1 is 1.17 bits per heavy atom. The molecule has 1 aliphatic heterocycles. The van der Waals surface area contributed by atoms with Crippen LogP contribution in [0.1, 0.15) is 22.8 Å². The quantitative estimate of drug-likeness (QED) is 0.574. The SMILES string of the molecule is CCOc1ccc(/C=C2\C(=O)NC(=O)N(c3ccc(C(=O)O)cc3)C2=O)cc1Cl. The van der Waals surface area contributed by atoms with E-state index in [1.165, 1.54) is 36.4 Å². The van der Waals surface area contributed by atoms with E-state index in [4.69, 9.17) is 21.4 Å². The lowest BCUT2D eigenvalue weighted by atomic mass is 10.1. The van der Waals surface area contributed by atoms with Crippen molar-refractivity contribution in [2.75, 3.05) is 11.5 Å². The molecule has 1 aliphatic rings. The summed E-state index contributed by atoms with van der Waals surface area (Å²) >= 11 is 6.13. The summed E-state index contributed by atoms with van der Waals surface area (Å²) < 4.78 is 5.35. The molecule has 0 aromatic heterocycles. The molecule has 2 aromatic carbocycles. The molecule has 4 amide bonds. The van der Waals surface area contributed by atoms with Crippen LogP contribution in [0.25, 0.3) is 6.08 Å². The largest absolute Gasteiger partial charge is 0.492 e. The zero-order valence-corrected chi connectivity index (χ0v) is 15.9. The molecular formula is C20H15ClN2O6. The molecular weight excluding hydrogens is 400 g/mol. The van der Waals surface area contributed by atoms with Crippen LogP contribution in [0.4, 0.5) is 10.5 Å². The van der Waals surface area contributed by atoms with Crippen LogP contribution < -0.4 is 15.0 Å². The second kappa shape index (κ2) is 8.15. The van der Waals surface area contributed by atoms with E-state index in [1.807, 2.05) is 6.92 Å². The number of nitrogens with one attached hydrogen (secondary N) is 1. The maximum absolute atomic E-state index is 12.8. The number of carboxylic acid groups (broad SMARTS) is 1. The molecule has 0 atom stereocenters. The minimum Gasteiger partial charge on any atom is -0.492 e. The van der Waals surface area contributed by atoms with E-state index in [1.54, 1.807) is 12.1 Å². The van der Waals surface area contributed by atoms with Crippen molar-refractivity contribution in [2.45, 2.75) is 6.92 Å². The zero-order chi connectivity index (χ0) is 21.1. The van der Waals surface area contributed by atoms with E-state index in [0.717, 1.165) is 4.90 Å². The number of aromatic carboxylic acids is 1. The smallest absolute Gasteiger partial charge is 0.335 e. The van der Waals surface area contributed by atoms with Crippen LogP contribution in [0.5, 0.6) is 5.75 Å². The minimum atomic E-state index is -1.14. The number of imide groups is 2. The van der Waals surface area contributed by atoms with Crippen LogP contribution in [0.3, 0.4) is 0 Å². The lowest BCUT2D eigenvalue weighted by molar-refractivity contribution is -0.122. The monoisotopic (exact) mass is 414 g/mol. The first-order valence-corrected chi connectivity index (χ1v) is 8.86. The minimum absolute atomic E-state index is 0.00510. The fourth-order valence-corrected chi connectivity index (χ4v) is 2.93. The maximum atomic E-state index is 12.8. The van der Waals surface area contributed by atoms with Gasteiger partial charge in [-0.25, -0.2) is 14.5 Å². The average Bonchev–Trinajstić information content (AvgIpc) is 2.67. The van der Waals surface area contributed by atoms with Crippen molar-refractivity contribution in [3.8, 4) is 5.75 Å². The molecule has 148 valence electrons. The maximum Gasteiger partial charge on any atom is 0.335 e. The number of rotatable bonds is 5. The molecule has 0 saturated carbocycles. The third-order valence-electron chi connectivity index (χ3n) is 4.04. The zero-order valence-electron chi connectivity index (χ0n) is 15.1. The Balaban J connectivity index is 1.95. The molecule has 0 bridgehead atoms. The van der Waals surface area contributed by atoms with Crippen molar-refractivity contribution >= 4 is 47.2 Å². The summed E-state index contributed by atoms with van der Waals surface area (Å²) in [5.41, 5.74) is 0.315. The Labute approximate surface area is 170 Å². The van der Waals surface area contributed by atoms with Gasteiger partial charge in [-0.05, 0) is 55.0 Å². The van der Waals surface area contributed by atoms with Gasteiger partial charge in [-0.2, -0.15) is 0 Å². The molecule has 1 fully saturated rings. The van der Waals surface area contributed by atoms with Gasteiger partial charge in [0.25, 0.3) is 11.8 Å². The number of ether oxygens (including phenoxy) is 1. The molecule has 3 rings (SSSR count). The summed E-state index contributed by atoms with van der Waals surface area (Å²) in [5.74, 6) is -2.37. The van der Waals surface area contributed by atoms with E-state index in [-0.39, 0.29) is 16.8 Å². The number of halogens is 1. The first-order chi connectivity index (χ1) is 13.8. The van der Waals surface area contributed by atoms with Crippen molar-refractivity contribution in [1.82, 2.24) is 5.32 Å². The van der Waals surface area contributed by atoms with Crippen LogP contribution in [-0.4, -0.2) is 35.5 Å². The number of carbonyl (C=O) groups excluding carboxylic acids is 3. The van der Waals surface area contributed by atoms with Crippen LogP contribution >= 0.6 is 11.6 Å². The van der Waals surface area contributed by atoms with Crippen molar-refractivity contribution < 1.29 is 29.0 Å². The Kier molecular flexibility index (Phi) is 5.65. The van der Waals surface area contributed by atoms with E-state index in [0.29, 0.717) is 22.9 Å². The summed E-state index contributed by atoms with van der Waals surface area (Å²) in [6.45, 7) is 2.24. The lowest BCUT2D eigenvalue weighted by Gasteiger charge is -2.26. The van der Waals surface area contributed by atoms with Gasteiger partial charge in [0.15, 0.2) is 0 Å². The van der Waals surface area contributed by atoms with Gasteiger partial charge in [-0.1, -0.05) is 17.7 Å². The molecule has 1 heterocycles. The Morgan fingerprint density at radius 2 is 1.86 bits per heavy atom. The first kappa shape index (κ1) is 20.1. The first-order valence-electron chi connectivity index (χ1n) is 8.49. The van der Waals surface area contributed by atoms with Crippen LogP contribution in [0.15, 0.2) is 48.0 Å². The summed E-state index contributed by atoms with van der Waals surface area (Å²) in [4.78, 5) is 49.0. The van der Waals surface area contributed by atoms with Gasteiger partial charge in [-0.3, -0.25) is 14.9 Å². The van der Waals surface area contributed by atoms with Crippen molar-refractivity contribution in [3.05, 3.63) is 64.2 Å². The average molecular weight is 415 g/mol. The fraction of sp³-hybridized carbons (Fsp3) is 0.100. The lowest BCUT2D eigenvalue weighted by Crippen LogP contribution is -2.54. The highest BCUT2D eigenvalue weighted by molar-refractivity contribution is 6.39. The number of nitrogens with zero attached hydrogens (tertiary/aromatic N) is 1. The number of hydrogen-bond donors (Lipinski definition) is 2. The number of anilines is 1. The number of urea groups is 1. The highest BCUT2D eigenvalue weighted by atomic mass is 35.5. The number of carbonyl (C=O) groups is 4. The highest BCUT2D eigenvalue weighted by Crippen LogP contribution is 2.28. The van der Waals surface area contributed by atoms with Gasteiger partial charge >= 0.3 is 12.0 Å². The summed E-state index contributed by atoms with van der Waals surface area (Å²) in [6, 6.07) is 8.95. The van der Waals surface area contributed by atoms with Crippen LogP contribution in [-0.2, 0) is 9.59 Å². The number of hydrogen-bond acceptors (Lipinski definition) is 5. The van der Waals surface area contributed by atoms with Crippen molar-refractivity contribution in [2.24, 2.45) is 0 Å². The van der Waals surface area contributed by atoms with Gasteiger partial charge in [-0.15, -0.1) is 0 Å². The van der Waals surface area contributed by atoms with E-state index < -0.39 is 23.8 Å². The predicted octanol–water partition coefficient (Wildman–Crippen LogP) is 3.10. The molecule has 0 unspecified atom stereocenters. The predicted molar refractivity (Wildman–Crippen MR) is 105 cm³/mol. The summed E-state index contributed by atoms with van der Waals surface area (Å²) in [5, 5.41) is 11.4. The van der Waals surface area contributed by atoms with Crippen LogP contribution in [0.2, 0.25) is 5.02 Å². The number of amides is 4. The summed E-state index contributed by atoms with van der Waals surface area (Å²) in [6.07, 6.45) is 1.31. The number of benzene rings is 2. The molecule has 8 nitrogen and oxygen atoms in total. The van der Waals surface area contributed by atoms with Gasteiger partial charge < -0.3 is 9.84 Å². The van der Waals surface area contributed by atoms with Gasteiger partial charge in [0.05, 0.1) is 22.9 Å². The summed E-state index contributed by atoms with van der Waals surface area (Å²) in [7, 11) is 0. The van der Waals surface area contributed by atoms with E-state index >= 15 is 0 Å². The molecule has 2 aromatic rings. The molecule has 9 heteroatoms. The number of carboxylic acids is 1. The number of barbiturate groups is 1. The molecule has 29 heavy (non-hydrogen) atoms. The topological polar surface area (TPSA) is 113 Å². The van der Waals surface area contributed by atoms with E-state index in [9.17, 15) is 19.2 Å². The standard InChI is InChI=1S/C20H15ClN2O6/c1-2-29-16-8-3-11(10-15(16)21)9-14-17(24)22-20(28)23(18(14)25)13-6-4-12(5-7-13)19(26)27/h3-10H,2H2,1H3,(H,26,27)(H,22,24,28)/b14-9+. The third kappa shape index (κ3) is 4.12. The highest BCUT2D eigenvalue weighted by Gasteiger charge is 2.36. The molecule has 0 radical (unpaired) electrons. The Bertz CT molecular complexity index is 1050. The fourth-order valence-electron chi connectivity index (χ4n) is 2.69. The second-order valence-corrected chi connectivity index (χ2v) is 6.34. The normalized spacial score (nSPS) is 15.4. The van der Waals surface area contributed by atoms with Gasteiger partial charge in [0.1, 0.15) is 11.3 Å². The third-order valence-corrected chi connectivity index (χ3v) is 4.34. The van der Waals surface area contributed by atoms with Crippen molar-refractivity contribution in [3.63, 3.8) is 0 Å².